The Hall–Kier alpha value is -5.09. The normalized spacial score (nSPS) is 21.1. The molecule has 1 saturated heterocycles. The Labute approximate surface area is 361 Å². The first-order valence-electron chi connectivity index (χ1n) is 22.5. The van der Waals surface area contributed by atoms with Gasteiger partial charge in [-0.15, -0.1) is 0 Å². The number of Topliss-reactive ketones (excluding diaryl/α,β-unsaturated/α-hetero) is 1. The number of phenolic OH excluding ortho intramolecular Hbond substituents is 1. The molecule has 7 rings (SSSR count). The number of hydrogen-bond donors (Lipinski definition) is 5. The van der Waals surface area contributed by atoms with Crippen molar-refractivity contribution in [3.8, 4) is 11.5 Å². The summed E-state index contributed by atoms with van der Waals surface area (Å²) in [6.07, 6.45) is 18.4. The summed E-state index contributed by atoms with van der Waals surface area (Å²) in [5, 5.41) is 28.9. The molecule has 5 atom stereocenters. The van der Waals surface area contributed by atoms with Crippen LogP contribution in [-0.4, -0.2) is 66.2 Å². The van der Waals surface area contributed by atoms with Crippen LogP contribution in [0.1, 0.15) is 90.3 Å². The Kier molecular flexibility index (Phi) is 15.6. The first-order valence-corrected chi connectivity index (χ1v) is 22.5. The molecule has 0 bridgehead atoms. The lowest BCUT2D eigenvalue weighted by atomic mass is 9.61. The van der Waals surface area contributed by atoms with E-state index in [1.807, 2.05) is 12.1 Å². The van der Waals surface area contributed by atoms with Gasteiger partial charge in [0, 0.05) is 25.2 Å². The Bertz CT molecular complexity index is 2170. The smallest absolute Gasteiger partial charge is 0.163 e. The second kappa shape index (κ2) is 21.6. The zero-order valence-electron chi connectivity index (χ0n) is 35.8. The van der Waals surface area contributed by atoms with Gasteiger partial charge in [-0.25, -0.2) is 4.98 Å². The molecule has 6 N–H and O–H groups in total. The number of carbonyl (C=O) groups is 2. The molecule has 3 aromatic carbocycles. The zero-order chi connectivity index (χ0) is 42.6. The number of nitrogens with one attached hydrogen (secondary N) is 2. The molecule has 322 valence electrons. The van der Waals surface area contributed by atoms with Crippen molar-refractivity contribution in [3.63, 3.8) is 0 Å². The molecule has 2 fully saturated rings. The van der Waals surface area contributed by atoms with Gasteiger partial charge in [0.15, 0.2) is 17.3 Å². The van der Waals surface area contributed by atoms with Gasteiger partial charge in [-0.3, -0.25) is 9.59 Å². The number of allylic oxidation sites excluding steroid dienone is 1. The summed E-state index contributed by atoms with van der Waals surface area (Å²) in [6, 6.07) is 24.9. The van der Waals surface area contributed by atoms with Crippen LogP contribution in [0.2, 0.25) is 0 Å². The van der Waals surface area contributed by atoms with Gasteiger partial charge in [-0.05, 0) is 163 Å². The maximum atomic E-state index is 13.4. The fraction of sp³-hybridized carbons (Fsp3) is 0.442. The first-order chi connectivity index (χ1) is 29.8. The van der Waals surface area contributed by atoms with Crippen molar-refractivity contribution in [2.45, 2.75) is 89.5 Å². The minimum absolute atomic E-state index is 0.0528. The first kappa shape index (κ1) is 44.0. The van der Waals surface area contributed by atoms with E-state index < -0.39 is 6.61 Å². The average Bonchev–Trinajstić information content (AvgIpc) is 3.27. The van der Waals surface area contributed by atoms with Crippen molar-refractivity contribution in [2.24, 2.45) is 23.7 Å². The highest BCUT2D eigenvalue weighted by atomic mass is 16.5. The summed E-state index contributed by atoms with van der Waals surface area (Å²) in [5.74, 6) is 2.94. The number of aliphatic hydroxyl groups excluding tert-OH is 1. The third-order valence-electron chi connectivity index (χ3n) is 13.4. The quantitative estimate of drug-likeness (QED) is 0.0261. The van der Waals surface area contributed by atoms with Crippen LogP contribution in [0.15, 0.2) is 97.2 Å². The number of piperidine rings is 1. The van der Waals surface area contributed by atoms with Gasteiger partial charge in [0.2, 0.25) is 0 Å². The summed E-state index contributed by atoms with van der Waals surface area (Å²) in [4.78, 5) is 30.9. The molecular weight excluding hydrogens is 761 g/mol. The van der Waals surface area contributed by atoms with Gasteiger partial charge in [-0.2, -0.15) is 0 Å². The molecule has 9 heteroatoms. The molecule has 0 spiro atoms. The third-order valence-corrected chi connectivity index (χ3v) is 13.4. The van der Waals surface area contributed by atoms with Gasteiger partial charge in [0.1, 0.15) is 11.6 Å². The molecular formula is C52H64N4O5. The third kappa shape index (κ3) is 11.8. The van der Waals surface area contributed by atoms with Gasteiger partial charge < -0.3 is 31.3 Å². The number of anilines is 1. The van der Waals surface area contributed by atoms with E-state index in [0.29, 0.717) is 53.2 Å². The van der Waals surface area contributed by atoms with E-state index in [4.69, 9.17) is 10.5 Å². The number of aromatic nitrogens is 1. The van der Waals surface area contributed by atoms with Crippen LogP contribution in [0.5, 0.6) is 11.5 Å². The number of hydrogen-bond acceptors (Lipinski definition) is 9. The number of carbonyl (C=O) groups excluding carboxylic acids is 2. The van der Waals surface area contributed by atoms with Crippen LogP contribution >= 0.6 is 0 Å². The topological polar surface area (TPSA) is 147 Å². The van der Waals surface area contributed by atoms with Gasteiger partial charge in [-0.1, -0.05) is 79.6 Å². The molecule has 3 heterocycles. The number of methoxy groups -OCH3 is 1. The molecule has 0 unspecified atom stereocenters. The maximum Gasteiger partial charge on any atom is 0.163 e. The predicted octanol–water partition coefficient (Wildman–Crippen LogP) is 7.78. The summed E-state index contributed by atoms with van der Waals surface area (Å²) in [7, 11) is 1.46. The molecule has 1 saturated carbocycles. The highest BCUT2D eigenvalue weighted by Crippen LogP contribution is 2.45. The average molecular weight is 825 g/mol. The number of nitrogens with two attached hydrogens (primary N) is 1. The van der Waals surface area contributed by atoms with Crippen LogP contribution in [0.25, 0.3) is 5.57 Å². The Morgan fingerprint density at radius 2 is 1.70 bits per heavy atom. The Morgan fingerprint density at radius 3 is 2.51 bits per heavy atom. The summed E-state index contributed by atoms with van der Waals surface area (Å²) in [5.41, 5.74) is 13.6. The number of unbranched alkanes of at least 4 members (excludes halogenated alkanes) is 2. The van der Waals surface area contributed by atoms with E-state index in [-0.39, 0.29) is 29.5 Å². The number of aliphatic hydroxyl groups is 1. The number of rotatable bonds is 20. The predicted molar refractivity (Wildman–Crippen MR) is 244 cm³/mol. The molecule has 3 aliphatic rings. The van der Waals surface area contributed by atoms with Crippen molar-refractivity contribution in [2.75, 3.05) is 39.1 Å². The molecule has 61 heavy (non-hydrogen) atoms. The van der Waals surface area contributed by atoms with Crippen LogP contribution < -0.4 is 21.1 Å². The molecule has 1 aliphatic carbocycles. The van der Waals surface area contributed by atoms with E-state index in [2.05, 4.69) is 76.3 Å². The number of phenols is 1. The standard InChI is InChI=1S/C52H64N4O5/c1-61-50-31-48(43(34-57)27-45(59)30-44(58)15-6-3-7-16-47-46-21-23-54-32-42(46)25-39-14-9-22-55-52(39)47)40(28-49(50)60)26-41-33-56-51(53)29-38(41)20-19-37-13-8-12-36(24-37)18-17-35-10-4-2-5-11-35/h2,4-5,8-14,24,27-29,31,33,39,42,46-47,52,54-55,57,60H,3,6-7,15-23,25-26,30,32,34H2,1H3,(H2,53,56)/b43-27+/t39-,42+,46-,47+,52+/m0/s1. The number of nitrogen functional groups attached to an aromatic ring is 1. The summed E-state index contributed by atoms with van der Waals surface area (Å²) >= 11 is 0. The lowest BCUT2D eigenvalue weighted by Crippen LogP contribution is -2.55. The summed E-state index contributed by atoms with van der Waals surface area (Å²) in [6.45, 7) is 2.76. The second-order valence-corrected chi connectivity index (χ2v) is 17.5. The number of fused-ring (bicyclic) bond motifs is 2. The van der Waals surface area contributed by atoms with E-state index in [1.165, 1.54) is 49.1 Å². The molecule has 0 amide bonds. The van der Waals surface area contributed by atoms with E-state index >= 15 is 0 Å². The largest absolute Gasteiger partial charge is 0.504 e. The lowest BCUT2D eigenvalue weighted by Gasteiger charge is -2.50. The van der Waals surface area contributed by atoms with Crippen molar-refractivity contribution in [1.82, 2.24) is 15.6 Å². The molecule has 1 aromatic heterocycles. The van der Waals surface area contributed by atoms with Crippen LogP contribution in [0.3, 0.4) is 0 Å². The SMILES string of the molecule is COc1cc(/C(=C/C(=O)CC(=O)CCCCC[C@@H]2[C@H]3CCNC[C@H]3C[C@@H]3C=CCN[C@@H]23)CO)c(Cc2cnc(N)cc2CCc2cccc(CCc3ccccc3)c2)cc1O. The number of pyridine rings is 1. The van der Waals surface area contributed by atoms with Crippen molar-refractivity contribution in [3.05, 3.63) is 136 Å². The lowest BCUT2D eigenvalue weighted by molar-refractivity contribution is -0.124. The minimum atomic E-state index is -0.431. The fourth-order valence-corrected chi connectivity index (χ4v) is 10.3. The van der Waals surface area contributed by atoms with Gasteiger partial charge >= 0.3 is 0 Å². The van der Waals surface area contributed by atoms with E-state index in [0.717, 1.165) is 87.5 Å². The summed E-state index contributed by atoms with van der Waals surface area (Å²) < 4.78 is 5.45. The second-order valence-electron chi connectivity index (χ2n) is 17.5. The number of aromatic hydroxyl groups is 1. The number of ketones is 2. The van der Waals surface area contributed by atoms with Crippen LogP contribution in [0, 0.1) is 23.7 Å². The molecule has 4 aromatic rings. The van der Waals surface area contributed by atoms with Crippen molar-refractivity contribution < 1.29 is 24.5 Å². The van der Waals surface area contributed by atoms with Gasteiger partial charge in [0.25, 0.3) is 0 Å². The van der Waals surface area contributed by atoms with Crippen molar-refractivity contribution in [1.29, 1.82) is 0 Å². The number of ether oxygens (including phenoxy) is 1. The van der Waals surface area contributed by atoms with E-state index in [9.17, 15) is 19.8 Å². The molecule has 9 nitrogen and oxygen atoms in total. The van der Waals surface area contributed by atoms with Crippen LogP contribution in [0.4, 0.5) is 5.82 Å². The Morgan fingerprint density at radius 1 is 0.918 bits per heavy atom. The maximum absolute atomic E-state index is 13.4. The van der Waals surface area contributed by atoms with E-state index in [1.54, 1.807) is 18.3 Å². The number of nitrogens with zero attached hydrogens (tertiary/aromatic N) is 1. The van der Waals surface area contributed by atoms with Crippen LogP contribution in [-0.2, 0) is 41.7 Å². The molecule has 2 aliphatic heterocycles. The monoisotopic (exact) mass is 824 g/mol. The zero-order valence-corrected chi connectivity index (χ0v) is 35.8. The number of aryl methyl sites for hydroxylation is 4. The highest BCUT2D eigenvalue weighted by Gasteiger charge is 2.44. The molecule has 0 radical (unpaired) electrons. The van der Waals surface area contributed by atoms with Gasteiger partial charge in [0.05, 0.1) is 20.1 Å². The Balaban J connectivity index is 0.964. The highest BCUT2D eigenvalue weighted by molar-refractivity contribution is 6.07. The fourth-order valence-electron chi connectivity index (χ4n) is 10.3. The van der Waals surface area contributed by atoms with Crippen molar-refractivity contribution >= 4 is 23.0 Å². The number of benzene rings is 3. The minimum Gasteiger partial charge on any atom is -0.504 e.